The number of hydrogen-bond donors (Lipinski definition) is 3. The molecule has 0 aliphatic carbocycles. The van der Waals surface area contributed by atoms with Crippen LogP contribution in [0.25, 0.3) is 10.8 Å². The summed E-state index contributed by atoms with van der Waals surface area (Å²) in [6.07, 6.45) is 0.206. The monoisotopic (exact) mass is 354 g/mol. The van der Waals surface area contributed by atoms with Crippen LogP contribution in [0.15, 0.2) is 36.4 Å². The highest BCUT2D eigenvalue weighted by Crippen LogP contribution is 2.40. The molecule has 2 N–H and O–H groups in total. The van der Waals surface area contributed by atoms with Crippen LogP contribution in [-0.4, -0.2) is 14.9 Å². The Bertz CT molecular complexity index is 781. The lowest BCUT2D eigenvalue weighted by atomic mass is 9.78. The van der Waals surface area contributed by atoms with Crippen molar-refractivity contribution in [3.8, 4) is 0 Å². The standard InChI is InChI=1S/C16H19O5PS/c1-16(2,9-15(17)23)14-8-12-6-4-3-5-11(12)7-13(14)10-21-22(18,19)20/h3-8H,9-10H2,1-2H3,(H,17,23)(H2,18,19,20). The van der Waals surface area contributed by atoms with Crippen LogP contribution in [0.5, 0.6) is 0 Å². The van der Waals surface area contributed by atoms with E-state index in [1.807, 2.05) is 50.2 Å². The number of fused-ring (bicyclic) bond motifs is 1. The Morgan fingerprint density at radius 2 is 1.78 bits per heavy atom. The second kappa shape index (κ2) is 6.75. The Labute approximate surface area is 140 Å². The van der Waals surface area contributed by atoms with E-state index in [-0.39, 0.29) is 18.1 Å². The zero-order valence-electron chi connectivity index (χ0n) is 12.9. The summed E-state index contributed by atoms with van der Waals surface area (Å²) in [5, 5.41) is 1.68. The maximum Gasteiger partial charge on any atom is 0.469 e. The van der Waals surface area contributed by atoms with E-state index in [0.717, 1.165) is 16.3 Å². The molecule has 124 valence electrons. The van der Waals surface area contributed by atoms with Gasteiger partial charge in [-0.25, -0.2) is 4.57 Å². The van der Waals surface area contributed by atoms with Gasteiger partial charge in [0.2, 0.25) is 0 Å². The van der Waals surface area contributed by atoms with Crippen LogP contribution in [0.4, 0.5) is 0 Å². The maximum absolute atomic E-state index is 11.4. The average Bonchev–Trinajstić information content (AvgIpc) is 2.42. The van der Waals surface area contributed by atoms with Crippen LogP contribution >= 0.6 is 20.5 Å². The molecule has 0 saturated heterocycles. The fraction of sp³-hybridized carbons (Fsp3) is 0.312. The minimum absolute atomic E-state index is 0.206. The molecule has 0 unspecified atom stereocenters. The van der Waals surface area contributed by atoms with Gasteiger partial charge in [0.05, 0.1) is 6.61 Å². The fourth-order valence-corrected chi connectivity index (χ4v) is 3.37. The van der Waals surface area contributed by atoms with Crippen molar-refractivity contribution < 1.29 is 23.7 Å². The molecule has 7 heteroatoms. The van der Waals surface area contributed by atoms with Crippen molar-refractivity contribution in [1.82, 2.24) is 0 Å². The van der Waals surface area contributed by atoms with E-state index in [0.29, 0.717) is 5.56 Å². The largest absolute Gasteiger partial charge is 0.469 e. The van der Waals surface area contributed by atoms with Crippen molar-refractivity contribution in [2.24, 2.45) is 0 Å². The summed E-state index contributed by atoms with van der Waals surface area (Å²) in [6, 6.07) is 11.4. The van der Waals surface area contributed by atoms with Gasteiger partial charge in [0.15, 0.2) is 5.12 Å². The topological polar surface area (TPSA) is 83.8 Å². The number of carbonyl (C=O) groups excluding carboxylic acids is 1. The molecular formula is C16H19O5PS. The molecule has 2 aromatic carbocycles. The number of phosphoric ester groups is 1. The van der Waals surface area contributed by atoms with E-state index in [1.54, 1.807) is 0 Å². The molecule has 0 aliphatic heterocycles. The minimum atomic E-state index is -4.57. The molecule has 0 aliphatic rings. The third kappa shape index (κ3) is 4.90. The highest BCUT2D eigenvalue weighted by atomic mass is 32.1. The van der Waals surface area contributed by atoms with E-state index in [9.17, 15) is 9.36 Å². The van der Waals surface area contributed by atoms with Gasteiger partial charge in [0, 0.05) is 6.42 Å². The Kier molecular flexibility index (Phi) is 5.33. The maximum atomic E-state index is 11.4. The number of benzene rings is 2. The Morgan fingerprint density at radius 1 is 1.22 bits per heavy atom. The quantitative estimate of drug-likeness (QED) is 0.546. The first kappa shape index (κ1) is 18.2. The molecule has 2 aromatic rings. The van der Waals surface area contributed by atoms with Crippen molar-refractivity contribution >= 4 is 36.3 Å². The first-order valence-electron chi connectivity index (χ1n) is 7.02. The van der Waals surface area contributed by atoms with Crippen LogP contribution in [0.2, 0.25) is 0 Å². The lowest BCUT2D eigenvalue weighted by Crippen LogP contribution is -2.22. The lowest BCUT2D eigenvalue weighted by molar-refractivity contribution is -0.111. The number of thiol groups is 1. The van der Waals surface area contributed by atoms with Crippen molar-refractivity contribution in [3.63, 3.8) is 0 Å². The first-order chi connectivity index (χ1) is 10.6. The van der Waals surface area contributed by atoms with Crippen LogP contribution in [0.3, 0.4) is 0 Å². The van der Waals surface area contributed by atoms with Crippen molar-refractivity contribution in [1.29, 1.82) is 0 Å². The zero-order valence-corrected chi connectivity index (χ0v) is 14.7. The number of rotatable bonds is 6. The number of phosphoric acid groups is 1. The van der Waals surface area contributed by atoms with Gasteiger partial charge in [-0.3, -0.25) is 9.32 Å². The molecular weight excluding hydrogens is 335 g/mol. The average molecular weight is 354 g/mol. The molecule has 2 rings (SSSR count). The number of hydrogen-bond acceptors (Lipinski definition) is 3. The fourth-order valence-electron chi connectivity index (χ4n) is 2.66. The summed E-state index contributed by atoms with van der Waals surface area (Å²) in [7, 11) is -4.57. The molecule has 0 heterocycles. The van der Waals surface area contributed by atoms with Gasteiger partial charge in [0.1, 0.15) is 0 Å². The molecule has 0 radical (unpaired) electrons. The second-order valence-electron chi connectivity index (χ2n) is 6.07. The van der Waals surface area contributed by atoms with Gasteiger partial charge in [-0.1, -0.05) is 44.2 Å². The van der Waals surface area contributed by atoms with E-state index in [2.05, 4.69) is 17.2 Å². The summed E-state index contributed by atoms with van der Waals surface area (Å²) < 4.78 is 15.7. The van der Waals surface area contributed by atoms with Gasteiger partial charge in [0.25, 0.3) is 0 Å². The molecule has 0 aromatic heterocycles. The van der Waals surface area contributed by atoms with Gasteiger partial charge < -0.3 is 9.79 Å². The molecule has 0 amide bonds. The predicted molar refractivity (Wildman–Crippen MR) is 92.4 cm³/mol. The summed E-state index contributed by atoms with van der Waals surface area (Å²) in [5.41, 5.74) is 0.926. The predicted octanol–water partition coefficient (Wildman–Crippen LogP) is 3.57. The van der Waals surface area contributed by atoms with Gasteiger partial charge in [-0.05, 0) is 33.4 Å². The van der Waals surface area contributed by atoms with Crippen LogP contribution in [0.1, 0.15) is 31.4 Å². The summed E-state index contributed by atoms with van der Waals surface area (Å²) in [6.45, 7) is 3.56. The zero-order chi connectivity index (χ0) is 17.3. The third-order valence-corrected chi connectivity index (χ3v) is 4.31. The molecule has 0 fully saturated rings. The smallest absolute Gasteiger partial charge is 0.303 e. The van der Waals surface area contributed by atoms with Gasteiger partial charge >= 0.3 is 7.82 Å². The molecule has 0 spiro atoms. The number of carbonyl (C=O) groups is 1. The Balaban J connectivity index is 2.54. The highest BCUT2D eigenvalue weighted by Gasteiger charge is 2.27. The third-order valence-electron chi connectivity index (χ3n) is 3.68. The van der Waals surface area contributed by atoms with Crippen LogP contribution in [-0.2, 0) is 25.9 Å². The molecule has 5 nitrogen and oxygen atoms in total. The lowest BCUT2D eigenvalue weighted by Gasteiger charge is -2.27. The summed E-state index contributed by atoms with van der Waals surface area (Å²) in [4.78, 5) is 29.3. The van der Waals surface area contributed by atoms with Crippen LogP contribution < -0.4 is 0 Å². The van der Waals surface area contributed by atoms with E-state index in [4.69, 9.17) is 9.79 Å². The summed E-state index contributed by atoms with van der Waals surface area (Å²) >= 11 is 3.85. The normalized spacial score (nSPS) is 12.6. The molecule has 23 heavy (non-hydrogen) atoms. The SMILES string of the molecule is CC(C)(CC(=O)S)c1cc2ccccc2cc1COP(=O)(O)O. The molecule has 0 saturated carbocycles. The van der Waals surface area contributed by atoms with Gasteiger partial charge in [-0.15, -0.1) is 12.6 Å². The van der Waals surface area contributed by atoms with Crippen molar-refractivity contribution in [2.45, 2.75) is 32.3 Å². The first-order valence-corrected chi connectivity index (χ1v) is 9.00. The van der Waals surface area contributed by atoms with E-state index in [1.165, 1.54) is 0 Å². The summed E-state index contributed by atoms with van der Waals surface area (Å²) in [5.74, 6) is 0. The van der Waals surface area contributed by atoms with Gasteiger partial charge in [-0.2, -0.15) is 0 Å². The van der Waals surface area contributed by atoms with Crippen LogP contribution in [0, 0.1) is 0 Å². The minimum Gasteiger partial charge on any atom is -0.303 e. The Hall–Kier alpha value is -1.17. The molecule has 0 bridgehead atoms. The highest BCUT2D eigenvalue weighted by molar-refractivity contribution is 7.96. The van der Waals surface area contributed by atoms with Crippen molar-refractivity contribution in [3.05, 3.63) is 47.5 Å². The molecule has 0 atom stereocenters. The second-order valence-corrected chi connectivity index (χ2v) is 7.81. The van der Waals surface area contributed by atoms with E-state index >= 15 is 0 Å². The van der Waals surface area contributed by atoms with E-state index < -0.39 is 13.2 Å². The Morgan fingerprint density at radius 3 is 2.30 bits per heavy atom. The van der Waals surface area contributed by atoms with Crippen molar-refractivity contribution in [2.75, 3.05) is 0 Å².